The van der Waals surface area contributed by atoms with Crippen molar-refractivity contribution in [3.63, 3.8) is 0 Å². The third-order valence-corrected chi connectivity index (χ3v) is 7.02. The van der Waals surface area contributed by atoms with Gasteiger partial charge in [0.15, 0.2) is 0 Å². The van der Waals surface area contributed by atoms with Gasteiger partial charge in [-0.2, -0.15) is 22.5 Å². The molecule has 0 bridgehead atoms. The van der Waals surface area contributed by atoms with E-state index in [0.717, 1.165) is 28.5 Å². The number of aryl methyl sites for hydroxylation is 1. The Labute approximate surface area is 204 Å². The van der Waals surface area contributed by atoms with Gasteiger partial charge in [0.05, 0.1) is 28.9 Å². The second kappa shape index (κ2) is 8.01. The highest BCUT2D eigenvalue weighted by Crippen LogP contribution is 2.45. The fourth-order valence-corrected chi connectivity index (χ4v) is 4.82. The van der Waals surface area contributed by atoms with E-state index in [1.54, 1.807) is 42.6 Å². The summed E-state index contributed by atoms with van der Waals surface area (Å²) in [5, 5.41) is 0.567. The van der Waals surface area contributed by atoms with Crippen LogP contribution in [0.25, 0.3) is 27.8 Å². The highest BCUT2D eigenvalue weighted by atomic mass is 19.4. The van der Waals surface area contributed by atoms with Gasteiger partial charge in [-0.1, -0.05) is 32.1 Å². The van der Waals surface area contributed by atoms with E-state index in [1.165, 1.54) is 13.8 Å². The third kappa shape index (κ3) is 3.72. The van der Waals surface area contributed by atoms with Crippen molar-refractivity contribution in [3.8, 4) is 0 Å². The minimum absolute atomic E-state index is 0.0979. The zero-order valence-corrected chi connectivity index (χ0v) is 20.4. The van der Waals surface area contributed by atoms with Crippen molar-refractivity contribution in [1.29, 1.82) is 0 Å². The molecule has 2 aromatic heterocycles. The van der Waals surface area contributed by atoms with Crippen LogP contribution in [0.3, 0.4) is 0 Å². The minimum Gasteiger partial charge on any atom is -0.437 e. The molecule has 9 heteroatoms. The van der Waals surface area contributed by atoms with Crippen molar-refractivity contribution in [2.45, 2.75) is 46.3 Å². The molecule has 5 rings (SSSR count). The molecule has 0 saturated carbocycles. The number of halogens is 5. The number of aliphatic imine (C=N–C) groups is 1. The Hall–Kier alpha value is -3.49. The zero-order chi connectivity index (χ0) is 26.2. The fraction of sp³-hybridized carbons (Fsp3) is 0.333. The van der Waals surface area contributed by atoms with Gasteiger partial charge in [0, 0.05) is 29.6 Å². The smallest absolute Gasteiger partial charge is 0.394 e. The maximum Gasteiger partial charge on any atom is 0.394 e. The van der Waals surface area contributed by atoms with Gasteiger partial charge < -0.3 is 9.32 Å². The lowest BCUT2D eigenvalue weighted by molar-refractivity contribution is -0.210. The number of nitrogens with zero attached hydrogens (tertiary/aromatic N) is 3. The number of fused-ring (bicyclic) bond motifs is 4. The van der Waals surface area contributed by atoms with Crippen LogP contribution >= 0.6 is 0 Å². The molecule has 1 atom stereocenters. The lowest BCUT2D eigenvalue weighted by atomic mass is 9.81. The molecule has 1 aliphatic carbocycles. The van der Waals surface area contributed by atoms with Crippen molar-refractivity contribution >= 4 is 34.1 Å². The highest BCUT2D eigenvalue weighted by Gasteiger charge is 2.47. The molecule has 3 heterocycles. The van der Waals surface area contributed by atoms with Gasteiger partial charge >= 0.3 is 6.18 Å². The van der Waals surface area contributed by atoms with Crippen molar-refractivity contribution < 1.29 is 26.4 Å². The van der Waals surface area contributed by atoms with Crippen molar-refractivity contribution in [2.75, 3.05) is 7.05 Å². The van der Waals surface area contributed by atoms with Crippen molar-refractivity contribution in [2.24, 2.45) is 10.4 Å². The molecule has 0 N–H and O–H groups in total. The molecule has 36 heavy (non-hydrogen) atoms. The summed E-state index contributed by atoms with van der Waals surface area (Å²) in [5.74, 6) is -1.75. The van der Waals surface area contributed by atoms with E-state index in [2.05, 4.69) is 9.98 Å². The number of alkyl halides is 3. The van der Waals surface area contributed by atoms with E-state index in [0.29, 0.717) is 22.1 Å². The van der Waals surface area contributed by atoms with Crippen LogP contribution < -0.4 is 0 Å². The zero-order valence-electron chi connectivity index (χ0n) is 20.4. The average Bonchev–Trinajstić information content (AvgIpc) is 3.12. The maximum atomic E-state index is 14.7. The number of aromatic nitrogens is 1. The van der Waals surface area contributed by atoms with Gasteiger partial charge in [-0.25, -0.2) is 4.39 Å². The largest absolute Gasteiger partial charge is 0.437 e. The van der Waals surface area contributed by atoms with Crippen LogP contribution in [0, 0.1) is 31.0 Å². The lowest BCUT2D eigenvalue weighted by Gasteiger charge is -2.33. The Morgan fingerprint density at radius 2 is 1.81 bits per heavy atom. The van der Waals surface area contributed by atoms with Crippen LogP contribution in [-0.4, -0.2) is 35.5 Å². The van der Waals surface area contributed by atoms with Crippen LogP contribution in [0.1, 0.15) is 37.0 Å². The van der Waals surface area contributed by atoms with Crippen LogP contribution in [0.4, 0.5) is 22.0 Å². The molecule has 2 aliphatic rings. The van der Waals surface area contributed by atoms with E-state index in [1.807, 2.05) is 13.8 Å². The third-order valence-electron chi connectivity index (χ3n) is 7.02. The van der Waals surface area contributed by atoms with Gasteiger partial charge in [-0.15, -0.1) is 0 Å². The molecular weight excluding hydrogens is 477 g/mol. The van der Waals surface area contributed by atoms with E-state index in [9.17, 15) is 22.0 Å². The standard InChI is InChI=1S/C27H24F5N3O/c1-13-8-17-22-18(28)10-20(29)34-25(22)36-24(17)21(14(13)2)23-16-7-6-15(9-19(16)33-12-35(23)5)11-26(3,4)27(30,31)32/h6-10,12,19H,11H2,1-5H3. The Bertz CT molecular complexity index is 1540. The van der Waals surface area contributed by atoms with E-state index in [4.69, 9.17) is 4.42 Å². The highest BCUT2D eigenvalue weighted by molar-refractivity contribution is 6.09. The summed E-state index contributed by atoms with van der Waals surface area (Å²) in [6, 6.07) is 2.02. The van der Waals surface area contributed by atoms with Gasteiger partial charge in [0.1, 0.15) is 11.4 Å². The molecule has 1 aliphatic heterocycles. The Morgan fingerprint density at radius 3 is 2.50 bits per heavy atom. The molecule has 0 radical (unpaired) electrons. The first-order valence-electron chi connectivity index (χ1n) is 11.4. The minimum atomic E-state index is -4.34. The van der Waals surface area contributed by atoms with Crippen molar-refractivity contribution in [3.05, 3.63) is 70.0 Å². The first-order chi connectivity index (χ1) is 16.8. The van der Waals surface area contributed by atoms with E-state index < -0.39 is 29.4 Å². The number of benzene rings is 1. The SMILES string of the molecule is Cc1cc2c(oc3nc(F)cc(F)c32)c(C2=C3C=CC(CC(C)(C)C(F)(F)F)=CC3N=CN2C)c1C. The molecule has 0 saturated heterocycles. The summed E-state index contributed by atoms with van der Waals surface area (Å²) in [4.78, 5) is 10.1. The number of hydrogen-bond acceptors (Lipinski definition) is 4. The summed E-state index contributed by atoms with van der Waals surface area (Å²) < 4.78 is 74.9. The summed E-state index contributed by atoms with van der Waals surface area (Å²) in [6.07, 6.45) is 2.30. The number of hydrogen-bond donors (Lipinski definition) is 0. The number of furan rings is 1. The van der Waals surface area contributed by atoms with Gasteiger partial charge in [-0.05, 0) is 43.0 Å². The predicted octanol–water partition coefficient (Wildman–Crippen LogP) is 7.40. The predicted molar refractivity (Wildman–Crippen MR) is 130 cm³/mol. The molecule has 3 aromatic rings. The summed E-state index contributed by atoms with van der Waals surface area (Å²) >= 11 is 0. The molecule has 0 fully saturated rings. The maximum absolute atomic E-state index is 14.7. The number of allylic oxidation sites excluding steroid dienone is 2. The number of rotatable bonds is 3. The molecule has 1 aromatic carbocycles. The molecule has 0 amide bonds. The van der Waals surface area contributed by atoms with Crippen LogP contribution in [0.5, 0.6) is 0 Å². The Balaban J connectivity index is 1.70. The topological polar surface area (TPSA) is 41.6 Å². The molecule has 1 unspecified atom stereocenters. The fourth-order valence-electron chi connectivity index (χ4n) is 4.82. The van der Waals surface area contributed by atoms with Crippen LogP contribution in [0.2, 0.25) is 0 Å². The van der Waals surface area contributed by atoms with Crippen LogP contribution in [0.15, 0.2) is 50.9 Å². The first kappa shape index (κ1) is 24.2. The first-order valence-corrected chi connectivity index (χ1v) is 11.4. The Kier molecular flexibility index (Phi) is 5.39. The second-order valence-electron chi connectivity index (χ2n) is 10.0. The quantitative estimate of drug-likeness (QED) is 0.277. The molecule has 188 valence electrons. The monoisotopic (exact) mass is 501 g/mol. The van der Waals surface area contributed by atoms with E-state index in [-0.39, 0.29) is 17.5 Å². The molecule has 4 nitrogen and oxygen atoms in total. The summed E-state index contributed by atoms with van der Waals surface area (Å²) in [5.41, 5.74) is 2.78. The number of pyridine rings is 1. The van der Waals surface area contributed by atoms with Gasteiger partial charge in [0.25, 0.3) is 0 Å². The summed E-state index contributed by atoms with van der Waals surface area (Å²) in [7, 11) is 1.80. The van der Waals surface area contributed by atoms with Crippen molar-refractivity contribution in [1.82, 2.24) is 9.88 Å². The average molecular weight is 501 g/mol. The normalized spacial score (nSPS) is 18.4. The van der Waals surface area contributed by atoms with Gasteiger partial charge in [-0.3, -0.25) is 4.99 Å². The molecular formula is C27H24F5N3O. The van der Waals surface area contributed by atoms with Crippen LogP contribution in [-0.2, 0) is 0 Å². The van der Waals surface area contributed by atoms with Gasteiger partial charge in [0.2, 0.25) is 11.7 Å². The second-order valence-corrected chi connectivity index (χ2v) is 10.0. The Morgan fingerprint density at radius 1 is 1.08 bits per heavy atom. The summed E-state index contributed by atoms with van der Waals surface area (Å²) in [6.45, 7) is 6.16. The lowest BCUT2D eigenvalue weighted by Crippen LogP contribution is -2.33. The van der Waals surface area contributed by atoms with E-state index >= 15 is 0 Å². The molecule has 0 spiro atoms.